The van der Waals surface area contributed by atoms with Crippen LogP contribution in [0.4, 0.5) is 0 Å². The van der Waals surface area contributed by atoms with Gasteiger partial charge in [0.15, 0.2) is 0 Å². The molecule has 0 spiro atoms. The van der Waals surface area contributed by atoms with Crippen LogP contribution in [-0.2, 0) is 4.74 Å². The first-order chi connectivity index (χ1) is 10.7. The molecule has 0 saturated heterocycles. The highest BCUT2D eigenvalue weighted by atomic mass is 35.5. The fourth-order valence-corrected chi connectivity index (χ4v) is 5.26. The lowest BCUT2D eigenvalue weighted by molar-refractivity contribution is 0.0668. The van der Waals surface area contributed by atoms with Crippen molar-refractivity contribution in [2.75, 3.05) is 12.5 Å². The van der Waals surface area contributed by atoms with Gasteiger partial charge in [0.25, 0.3) is 0 Å². The summed E-state index contributed by atoms with van der Waals surface area (Å²) in [6, 6.07) is 7.47. The second kappa shape index (κ2) is 5.81. The summed E-state index contributed by atoms with van der Waals surface area (Å²) >= 11 is 5.86. The van der Waals surface area contributed by atoms with Crippen molar-refractivity contribution in [2.45, 2.75) is 32.1 Å². The zero-order valence-electron chi connectivity index (χ0n) is 12.8. The van der Waals surface area contributed by atoms with Crippen molar-refractivity contribution >= 4 is 17.4 Å². The topological polar surface area (TPSA) is 29.5 Å². The molecule has 0 atom stereocenters. The molecule has 118 valence electrons. The zero-order chi connectivity index (χ0) is 15.1. The first-order valence-electron chi connectivity index (χ1n) is 8.46. The average molecular weight is 319 g/mol. The Balaban J connectivity index is 1.76. The Morgan fingerprint density at radius 2 is 1.77 bits per heavy atom. The van der Waals surface area contributed by atoms with Crippen LogP contribution >= 0.6 is 11.6 Å². The Hall–Kier alpha value is -1.15. The van der Waals surface area contributed by atoms with Gasteiger partial charge in [-0.15, -0.1) is 11.6 Å². The maximum absolute atomic E-state index is 9.83. The van der Waals surface area contributed by atoms with Crippen LogP contribution in [0.2, 0.25) is 0 Å². The van der Waals surface area contributed by atoms with Crippen molar-refractivity contribution in [2.24, 2.45) is 23.7 Å². The van der Waals surface area contributed by atoms with Gasteiger partial charge in [-0.25, -0.2) is 0 Å². The molecule has 0 aliphatic heterocycles. The molecule has 1 aromatic rings. The number of benzene rings is 1. The highest BCUT2D eigenvalue weighted by Crippen LogP contribution is 2.58. The minimum Gasteiger partial charge on any atom is -0.508 e. The van der Waals surface area contributed by atoms with E-state index in [1.165, 1.54) is 37.7 Å². The number of hydrogen-bond acceptors (Lipinski definition) is 2. The van der Waals surface area contributed by atoms with Gasteiger partial charge < -0.3 is 9.84 Å². The molecule has 0 aromatic heterocycles. The molecule has 22 heavy (non-hydrogen) atoms. The van der Waals surface area contributed by atoms with Gasteiger partial charge in [-0.2, -0.15) is 0 Å². The van der Waals surface area contributed by atoms with Gasteiger partial charge in [0, 0.05) is 5.56 Å². The fraction of sp³-hybridized carbons (Fsp3) is 0.579. The first-order valence-corrected chi connectivity index (χ1v) is 9.00. The van der Waals surface area contributed by atoms with E-state index in [-0.39, 0.29) is 0 Å². The quantitative estimate of drug-likeness (QED) is 0.637. The number of alkyl halides is 1. The van der Waals surface area contributed by atoms with E-state index in [0.29, 0.717) is 30.1 Å². The van der Waals surface area contributed by atoms with Crippen LogP contribution in [0, 0.1) is 23.7 Å². The van der Waals surface area contributed by atoms with E-state index in [1.54, 1.807) is 6.07 Å². The lowest BCUT2D eigenvalue weighted by Crippen LogP contribution is -2.41. The van der Waals surface area contributed by atoms with E-state index in [1.807, 2.05) is 18.2 Å². The number of aromatic hydroxyl groups is 1. The minimum atomic E-state index is 0.300. The Kier molecular flexibility index (Phi) is 3.81. The number of phenols is 1. The van der Waals surface area contributed by atoms with E-state index in [9.17, 15) is 5.11 Å². The molecule has 3 heteroatoms. The second-order valence-corrected chi connectivity index (χ2v) is 7.55. The monoisotopic (exact) mass is 318 g/mol. The lowest BCUT2D eigenvalue weighted by atomic mass is 9.54. The van der Waals surface area contributed by atoms with Crippen molar-refractivity contribution in [3.8, 4) is 5.75 Å². The molecular weight excluding hydrogens is 296 g/mol. The van der Waals surface area contributed by atoms with Crippen LogP contribution < -0.4 is 0 Å². The minimum absolute atomic E-state index is 0.300. The van der Waals surface area contributed by atoms with Crippen molar-refractivity contribution in [1.29, 1.82) is 0 Å². The largest absolute Gasteiger partial charge is 0.508 e. The maximum Gasteiger partial charge on any atom is 0.126 e. The molecule has 1 N–H and O–H groups in total. The number of halogens is 1. The molecule has 4 aliphatic rings. The molecule has 0 amide bonds. The Bertz CT molecular complexity index is 563. The van der Waals surface area contributed by atoms with Crippen molar-refractivity contribution in [3.05, 3.63) is 35.4 Å². The van der Waals surface area contributed by atoms with Gasteiger partial charge in [-0.3, -0.25) is 0 Å². The molecule has 2 nitrogen and oxygen atoms in total. The highest BCUT2D eigenvalue weighted by Gasteiger charge is 2.46. The predicted octanol–water partition coefficient (Wildman–Crippen LogP) is 4.81. The number of phenolic OH excluding ortho intramolecular Hbond substituents is 1. The molecule has 0 unspecified atom stereocenters. The summed E-state index contributed by atoms with van der Waals surface area (Å²) in [5.74, 6) is 5.04. The first kappa shape index (κ1) is 14.4. The second-order valence-electron chi connectivity index (χ2n) is 7.18. The Morgan fingerprint density at radius 1 is 1.09 bits per heavy atom. The molecule has 4 bridgehead atoms. The van der Waals surface area contributed by atoms with E-state index < -0.39 is 0 Å². The van der Waals surface area contributed by atoms with E-state index >= 15 is 0 Å². The zero-order valence-corrected chi connectivity index (χ0v) is 13.6. The Labute approximate surface area is 137 Å². The maximum atomic E-state index is 9.83. The van der Waals surface area contributed by atoms with E-state index in [4.69, 9.17) is 16.3 Å². The van der Waals surface area contributed by atoms with Crippen LogP contribution in [0.1, 0.15) is 37.7 Å². The summed E-state index contributed by atoms with van der Waals surface area (Å²) in [4.78, 5) is 0. The smallest absolute Gasteiger partial charge is 0.126 e. The summed E-state index contributed by atoms with van der Waals surface area (Å²) < 4.78 is 6.09. The van der Waals surface area contributed by atoms with E-state index in [2.05, 4.69) is 0 Å². The average Bonchev–Trinajstić information content (AvgIpc) is 2.49. The van der Waals surface area contributed by atoms with Gasteiger partial charge in [0.1, 0.15) is 18.1 Å². The third-order valence-corrected chi connectivity index (χ3v) is 5.87. The van der Waals surface area contributed by atoms with Crippen molar-refractivity contribution in [3.63, 3.8) is 0 Å². The van der Waals surface area contributed by atoms with Crippen molar-refractivity contribution < 1.29 is 9.84 Å². The molecule has 4 fully saturated rings. The van der Waals surface area contributed by atoms with Gasteiger partial charge in [-0.05, 0) is 73.5 Å². The molecular formula is C19H23ClO2. The number of ether oxygens (including phenoxy) is 1. The third-order valence-electron chi connectivity index (χ3n) is 5.71. The highest BCUT2D eigenvalue weighted by molar-refractivity contribution is 6.18. The third kappa shape index (κ3) is 2.52. The van der Waals surface area contributed by atoms with Gasteiger partial charge in [0.05, 0.1) is 5.88 Å². The molecule has 4 saturated carbocycles. The van der Waals surface area contributed by atoms with Crippen LogP contribution in [-0.4, -0.2) is 17.6 Å². The standard InChI is InChI=1S/C19H23ClO2/c20-4-5-22-19(14-2-1-3-17(21)11-14)18-15-7-12-6-13(9-15)10-16(18)8-12/h1-3,11-13,15-16,21H,4-10H2. The lowest BCUT2D eigenvalue weighted by Gasteiger charge is -2.51. The summed E-state index contributed by atoms with van der Waals surface area (Å²) in [5.41, 5.74) is 2.52. The van der Waals surface area contributed by atoms with Crippen LogP contribution in [0.15, 0.2) is 29.8 Å². The summed E-state index contributed by atoms with van der Waals surface area (Å²) in [7, 11) is 0. The van der Waals surface area contributed by atoms with Crippen molar-refractivity contribution in [1.82, 2.24) is 0 Å². The van der Waals surface area contributed by atoms with Gasteiger partial charge in [-0.1, -0.05) is 12.1 Å². The summed E-state index contributed by atoms with van der Waals surface area (Å²) in [6.45, 7) is 0.530. The summed E-state index contributed by atoms with van der Waals surface area (Å²) in [6.07, 6.45) is 6.76. The van der Waals surface area contributed by atoms with Crippen LogP contribution in [0.3, 0.4) is 0 Å². The number of rotatable bonds is 4. The van der Waals surface area contributed by atoms with E-state index in [0.717, 1.165) is 23.2 Å². The summed E-state index contributed by atoms with van der Waals surface area (Å²) in [5, 5.41) is 9.83. The van der Waals surface area contributed by atoms with Gasteiger partial charge >= 0.3 is 0 Å². The van der Waals surface area contributed by atoms with Gasteiger partial charge in [0.2, 0.25) is 0 Å². The molecule has 4 aliphatic carbocycles. The molecule has 0 radical (unpaired) electrons. The number of hydrogen-bond donors (Lipinski definition) is 1. The fourth-order valence-electron chi connectivity index (χ4n) is 5.18. The van der Waals surface area contributed by atoms with Crippen LogP contribution in [0.25, 0.3) is 5.76 Å². The Morgan fingerprint density at radius 3 is 2.36 bits per heavy atom. The predicted molar refractivity (Wildman–Crippen MR) is 88.7 cm³/mol. The normalized spacial score (nSPS) is 32.3. The molecule has 0 heterocycles. The number of allylic oxidation sites excluding steroid dienone is 1. The van der Waals surface area contributed by atoms with Crippen LogP contribution in [0.5, 0.6) is 5.75 Å². The SMILES string of the molecule is Oc1cccc(C(OCCCl)=C2C3CC4CC(C3)CC2C4)c1. The molecule has 5 rings (SSSR count). The molecule has 1 aromatic carbocycles.